The van der Waals surface area contributed by atoms with E-state index in [0.717, 1.165) is 5.56 Å². The Kier molecular flexibility index (Phi) is 4.90. The lowest BCUT2D eigenvalue weighted by molar-refractivity contribution is 0.0121. The number of hydrogen-bond acceptors (Lipinski definition) is 2. The van der Waals surface area contributed by atoms with Gasteiger partial charge in [0.1, 0.15) is 5.82 Å². The third kappa shape index (κ3) is 3.29. The Hall–Kier alpha value is -0.930. The van der Waals surface area contributed by atoms with E-state index in [4.69, 9.17) is 10.5 Å². The van der Waals surface area contributed by atoms with E-state index in [1.807, 2.05) is 6.92 Å². The first-order valence-corrected chi connectivity index (χ1v) is 5.69. The van der Waals surface area contributed by atoms with Crippen LogP contribution < -0.4 is 5.73 Å². The summed E-state index contributed by atoms with van der Waals surface area (Å²) < 4.78 is 18.4. The van der Waals surface area contributed by atoms with Crippen LogP contribution >= 0.6 is 0 Å². The Balaban J connectivity index is 2.81. The summed E-state index contributed by atoms with van der Waals surface area (Å²) in [4.78, 5) is 0. The molecule has 2 nitrogen and oxygen atoms in total. The summed E-state index contributed by atoms with van der Waals surface area (Å²) in [5, 5.41) is 0. The molecule has 0 fully saturated rings. The van der Waals surface area contributed by atoms with Gasteiger partial charge in [-0.2, -0.15) is 0 Å². The second-order valence-electron chi connectivity index (χ2n) is 4.24. The third-order valence-electron chi connectivity index (χ3n) is 2.63. The van der Waals surface area contributed by atoms with Gasteiger partial charge in [0.15, 0.2) is 0 Å². The van der Waals surface area contributed by atoms with Gasteiger partial charge in [0.2, 0.25) is 0 Å². The van der Waals surface area contributed by atoms with E-state index >= 15 is 0 Å². The highest BCUT2D eigenvalue weighted by molar-refractivity contribution is 5.20. The van der Waals surface area contributed by atoms with E-state index in [1.165, 1.54) is 12.1 Å². The van der Waals surface area contributed by atoms with Crippen molar-refractivity contribution < 1.29 is 9.13 Å². The molecule has 1 rings (SSSR count). The van der Waals surface area contributed by atoms with Gasteiger partial charge in [-0.1, -0.05) is 26.0 Å². The van der Waals surface area contributed by atoms with Gasteiger partial charge in [-0.25, -0.2) is 4.39 Å². The Labute approximate surface area is 96.6 Å². The first-order chi connectivity index (χ1) is 7.56. The van der Waals surface area contributed by atoms with Crippen molar-refractivity contribution in [1.82, 2.24) is 0 Å². The van der Waals surface area contributed by atoms with Gasteiger partial charge >= 0.3 is 0 Å². The van der Waals surface area contributed by atoms with Crippen LogP contribution in [0.25, 0.3) is 0 Å². The smallest absolute Gasteiger partial charge is 0.123 e. The molecule has 0 aliphatic heterocycles. The van der Waals surface area contributed by atoms with E-state index in [-0.39, 0.29) is 18.0 Å². The summed E-state index contributed by atoms with van der Waals surface area (Å²) in [5.74, 6) is 0.0912. The summed E-state index contributed by atoms with van der Waals surface area (Å²) in [6.07, 6.45) is -0.0320. The molecule has 0 heterocycles. The Morgan fingerprint density at radius 3 is 2.25 bits per heavy atom. The van der Waals surface area contributed by atoms with Crippen molar-refractivity contribution in [2.24, 2.45) is 11.7 Å². The average molecular weight is 225 g/mol. The predicted octanol–water partition coefficient (Wildman–Crippen LogP) is 2.89. The SMILES string of the molecule is CCOC(C(C)C)C(N)c1ccc(F)cc1. The average Bonchev–Trinajstić information content (AvgIpc) is 2.25. The molecular formula is C13H20FNO. The molecule has 3 heteroatoms. The molecule has 0 spiro atoms. The van der Waals surface area contributed by atoms with Crippen molar-refractivity contribution >= 4 is 0 Å². The lowest BCUT2D eigenvalue weighted by atomic mass is 9.94. The maximum absolute atomic E-state index is 12.8. The maximum Gasteiger partial charge on any atom is 0.123 e. The molecule has 1 aromatic rings. The molecule has 0 aliphatic rings. The highest BCUT2D eigenvalue weighted by Gasteiger charge is 2.22. The fraction of sp³-hybridized carbons (Fsp3) is 0.538. The van der Waals surface area contributed by atoms with Crippen LogP contribution in [0, 0.1) is 11.7 Å². The fourth-order valence-electron chi connectivity index (χ4n) is 1.78. The van der Waals surface area contributed by atoms with Crippen molar-refractivity contribution in [3.05, 3.63) is 35.6 Å². The van der Waals surface area contributed by atoms with Crippen molar-refractivity contribution in [3.63, 3.8) is 0 Å². The van der Waals surface area contributed by atoms with Crippen LogP contribution in [0.3, 0.4) is 0 Å². The van der Waals surface area contributed by atoms with Crippen molar-refractivity contribution in [2.75, 3.05) is 6.61 Å². The van der Waals surface area contributed by atoms with E-state index in [0.29, 0.717) is 12.5 Å². The molecule has 0 saturated heterocycles. The largest absolute Gasteiger partial charge is 0.376 e. The fourth-order valence-corrected chi connectivity index (χ4v) is 1.78. The van der Waals surface area contributed by atoms with Crippen molar-refractivity contribution in [2.45, 2.75) is 32.9 Å². The molecule has 2 unspecified atom stereocenters. The zero-order valence-electron chi connectivity index (χ0n) is 10.1. The lowest BCUT2D eigenvalue weighted by Crippen LogP contribution is -2.33. The zero-order chi connectivity index (χ0) is 12.1. The number of rotatable bonds is 5. The molecular weight excluding hydrogens is 205 g/mol. The van der Waals surface area contributed by atoms with E-state index in [9.17, 15) is 4.39 Å². The second kappa shape index (κ2) is 5.97. The summed E-state index contributed by atoms with van der Waals surface area (Å²) >= 11 is 0. The molecule has 2 atom stereocenters. The van der Waals surface area contributed by atoms with Crippen LogP contribution in [-0.2, 0) is 4.74 Å². The van der Waals surface area contributed by atoms with Gasteiger partial charge in [-0.3, -0.25) is 0 Å². The number of nitrogens with two attached hydrogens (primary N) is 1. The second-order valence-corrected chi connectivity index (χ2v) is 4.24. The van der Waals surface area contributed by atoms with Gasteiger partial charge < -0.3 is 10.5 Å². The van der Waals surface area contributed by atoms with Crippen LogP contribution in [0.15, 0.2) is 24.3 Å². The number of halogens is 1. The minimum absolute atomic E-state index is 0.0320. The van der Waals surface area contributed by atoms with Gasteiger partial charge in [-0.15, -0.1) is 0 Å². The maximum atomic E-state index is 12.8. The number of benzene rings is 1. The highest BCUT2D eigenvalue weighted by Crippen LogP contribution is 2.22. The van der Waals surface area contributed by atoms with Crippen LogP contribution in [0.4, 0.5) is 4.39 Å². The first-order valence-electron chi connectivity index (χ1n) is 5.69. The van der Waals surface area contributed by atoms with Gasteiger partial charge in [0.05, 0.1) is 12.1 Å². The van der Waals surface area contributed by atoms with Gasteiger partial charge in [-0.05, 0) is 30.5 Å². The predicted molar refractivity (Wildman–Crippen MR) is 63.6 cm³/mol. The lowest BCUT2D eigenvalue weighted by Gasteiger charge is -2.27. The van der Waals surface area contributed by atoms with Crippen LogP contribution in [0.1, 0.15) is 32.4 Å². The summed E-state index contributed by atoms with van der Waals surface area (Å²) in [6, 6.07) is 6.08. The number of hydrogen-bond donors (Lipinski definition) is 1. The van der Waals surface area contributed by atoms with Crippen LogP contribution in [0.2, 0.25) is 0 Å². The van der Waals surface area contributed by atoms with Gasteiger partial charge in [0.25, 0.3) is 0 Å². The zero-order valence-corrected chi connectivity index (χ0v) is 10.1. The molecule has 1 aromatic carbocycles. The van der Waals surface area contributed by atoms with Crippen molar-refractivity contribution in [1.29, 1.82) is 0 Å². The highest BCUT2D eigenvalue weighted by atomic mass is 19.1. The molecule has 0 bridgehead atoms. The molecule has 0 saturated carbocycles. The normalized spacial score (nSPS) is 15.1. The van der Waals surface area contributed by atoms with Crippen LogP contribution in [0.5, 0.6) is 0 Å². The van der Waals surface area contributed by atoms with Crippen LogP contribution in [-0.4, -0.2) is 12.7 Å². The van der Waals surface area contributed by atoms with E-state index in [1.54, 1.807) is 12.1 Å². The minimum Gasteiger partial charge on any atom is -0.376 e. The molecule has 16 heavy (non-hydrogen) atoms. The monoisotopic (exact) mass is 225 g/mol. The Morgan fingerprint density at radius 2 is 1.81 bits per heavy atom. The molecule has 0 aliphatic carbocycles. The first kappa shape index (κ1) is 13.1. The van der Waals surface area contributed by atoms with Crippen molar-refractivity contribution in [3.8, 4) is 0 Å². The summed E-state index contributed by atoms with van der Waals surface area (Å²) in [7, 11) is 0. The molecule has 0 aromatic heterocycles. The molecule has 0 radical (unpaired) electrons. The molecule has 90 valence electrons. The number of ether oxygens (including phenoxy) is 1. The Bertz CT molecular complexity index is 310. The summed E-state index contributed by atoms with van der Waals surface area (Å²) in [5.41, 5.74) is 7.04. The molecule has 2 N–H and O–H groups in total. The van der Waals surface area contributed by atoms with E-state index < -0.39 is 0 Å². The standard InChI is InChI=1S/C13H20FNO/c1-4-16-13(9(2)3)12(15)10-5-7-11(14)8-6-10/h5-9,12-13H,4,15H2,1-3H3. The minimum atomic E-state index is -0.242. The van der Waals surface area contributed by atoms with E-state index in [2.05, 4.69) is 13.8 Å². The van der Waals surface area contributed by atoms with Gasteiger partial charge in [0, 0.05) is 6.61 Å². The third-order valence-corrected chi connectivity index (χ3v) is 2.63. The summed E-state index contributed by atoms with van der Waals surface area (Å²) in [6.45, 7) is 6.73. The Morgan fingerprint density at radius 1 is 1.25 bits per heavy atom. The quantitative estimate of drug-likeness (QED) is 0.836. The topological polar surface area (TPSA) is 35.2 Å². The molecule has 0 amide bonds.